The molecule has 0 atom stereocenters. The fourth-order valence-corrected chi connectivity index (χ4v) is 1.50. The van der Waals surface area contributed by atoms with E-state index in [1.54, 1.807) is 6.92 Å². The molecule has 0 heterocycles. The average molecular weight is 266 g/mol. The largest absolute Gasteiger partial charge is 0.396 e. The van der Waals surface area contributed by atoms with E-state index >= 15 is 0 Å². The maximum atomic E-state index is 11.6. The number of carbonyl (C=O) groups is 1. The van der Waals surface area contributed by atoms with Gasteiger partial charge in [-0.15, -0.1) is 0 Å². The second kappa shape index (κ2) is 7.89. The summed E-state index contributed by atoms with van der Waals surface area (Å²) in [7, 11) is 0. The normalized spacial score (nSPS) is 11.3. The first-order valence-corrected chi connectivity index (χ1v) is 6.33. The molecule has 0 bridgehead atoms. The molecule has 1 aromatic carbocycles. The van der Waals surface area contributed by atoms with E-state index in [0.717, 1.165) is 5.56 Å². The van der Waals surface area contributed by atoms with Gasteiger partial charge < -0.3 is 20.8 Å². The lowest BCUT2D eigenvalue weighted by atomic mass is 9.93. The maximum Gasteiger partial charge on any atom is 0.234 e. The van der Waals surface area contributed by atoms with Gasteiger partial charge in [0.15, 0.2) is 0 Å². The SMILES string of the molecule is CC(CO)(CO)CNCC(=O)NCc1ccccc1. The van der Waals surface area contributed by atoms with Crippen molar-refractivity contribution in [1.82, 2.24) is 10.6 Å². The molecule has 1 aromatic rings. The molecule has 0 aliphatic heterocycles. The number of hydrogen-bond donors (Lipinski definition) is 4. The summed E-state index contributed by atoms with van der Waals surface area (Å²) in [6.07, 6.45) is 0. The summed E-state index contributed by atoms with van der Waals surface area (Å²) < 4.78 is 0. The average Bonchev–Trinajstić information content (AvgIpc) is 2.46. The minimum Gasteiger partial charge on any atom is -0.396 e. The predicted molar refractivity (Wildman–Crippen MR) is 73.4 cm³/mol. The van der Waals surface area contributed by atoms with Crippen LogP contribution < -0.4 is 10.6 Å². The Labute approximate surface area is 113 Å². The van der Waals surface area contributed by atoms with Gasteiger partial charge in [-0.05, 0) is 5.56 Å². The molecule has 5 nitrogen and oxygen atoms in total. The number of rotatable bonds is 8. The quantitative estimate of drug-likeness (QED) is 0.529. The molecule has 4 N–H and O–H groups in total. The highest BCUT2D eigenvalue weighted by Crippen LogP contribution is 2.11. The lowest BCUT2D eigenvalue weighted by Crippen LogP contribution is -2.42. The minimum absolute atomic E-state index is 0.109. The van der Waals surface area contributed by atoms with E-state index in [1.807, 2.05) is 30.3 Å². The zero-order valence-corrected chi connectivity index (χ0v) is 11.2. The fraction of sp³-hybridized carbons (Fsp3) is 0.500. The van der Waals surface area contributed by atoms with Crippen LogP contribution in [-0.2, 0) is 11.3 Å². The van der Waals surface area contributed by atoms with E-state index in [4.69, 9.17) is 10.2 Å². The Hall–Kier alpha value is -1.43. The van der Waals surface area contributed by atoms with Gasteiger partial charge in [-0.3, -0.25) is 4.79 Å². The van der Waals surface area contributed by atoms with Gasteiger partial charge in [-0.25, -0.2) is 0 Å². The van der Waals surface area contributed by atoms with Crippen molar-refractivity contribution in [3.63, 3.8) is 0 Å². The van der Waals surface area contributed by atoms with E-state index in [0.29, 0.717) is 13.1 Å². The fourth-order valence-electron chi connectivity index (χ4n) is 1.50. The number of aliphatic hydroxyl groups is 2. The first-order chi connectivity index (χ1) is 9.09. The minimum atomic E-state index is -0.598. The highest BCUT2D eigenvalue weighted by molar-refractivity contribution is 5.77. The van der Waals surface area contributed by atoms with Gasteiger partial charge in [-0.2, -0.15) is 0 Å². The number of hydrogen-bond acceptors (Lipinski definition) is 4. The lowest BCUT2D eigenvalue weighted by Gasteiger charge is -2.24. The van der Waals surface area contributed by atoms with E-state index in [2.05, 4.69) is 10.6 Å². The van der Waals surface area contributed by atoms with Gasteiger partial charge in [0.05, 0.1) is 19.8 Å². The number of aliphatic hydroxyl groups excluding tert-OH is 2. The van der Waals surface area contributed by atoms with Crippen LogP contribution >= 0.6 is 0 Å². The standard InChI is InChI=1S/C14H22N2O3/c1-14(10-17,11-18)9-15-8-13(19)16-7-12-5-3-2-4-6-12/h2-6,15,17-18H,7-11H2,1H3,(H,16,19). The summed E-state index contributed by atoms with van der Waals surface area (Å²) in [6, 6.07) is 9.67. The zero-order chi connectivity index (χ0) is 14.1. The van der Waals surface area contributed by atoms with Crippen molar-refractivity contribution < 1.29 is 15.0 Å². The number of benzene rings is 1. The van der Waals surface area contributed by atoms with Crippen LogP contribution in [-0.4, -0.2) is 42.4 Å². The van der Waals surface area contributed by atoms with Gasteiger partial charge in [0.1, 0.15) is 0 Å². The number of amides is 1. The molecule has 5 heteroatoms. The smallest absolute Gasteiger partial charge is 0.234 e. The summed E-state index contributed by atoms with van der Waals surface area (Å²) >= 11 is 0. The van der Waals surface area contributed by atoms with Crippen molar-refractivity contribution in [1.29, 1.82) is 0 Å². The van der Waals surface area contributed by atoms with Gasteiger partial charge in [0.2, 0.25) is 5.91 Å². The Morgan fingerprint density at radius 2 is 1.84 bits per heavy atom. The summed E-state index contributed by atoms with van der Waals surface area (Å²) in [6.45, 7) is 2.56. The Morgan fingerprint density at radius 3 is 2.42 bits per heavy atom. The molecule has 0 spiro atoms. The molecule has 19 heavy (non-hydrogen) atoms. The molecule has 0 aliphatic rings. The summed E-state index contributed by atoms with van der Waals surface area (Å²) in [5.74, 6) is -0.109. The molecule has 0 saturated carbocycles. The third-order valence-electron chi connectivity index (χ3n) is 2.93. The Bertz CT molecular complexity index is 378. The molecule has 0 aromatic heterocycles. The Morgan fingerprint density at radius 1 is 1.21 bits per heavy atom. The lowest BCUT2D eigenvalue weighted by molar-refractivity contribution is -0.120. The van der Waals surface area contributed by atoms with E-state index in [9.17, 15) is 4.79 Å². The maximum absolute atomic E-state index is 11.6. The second-order valence-electron chi connectivity index (χ2n) is 4.99. The van der Waals surface area contributed by atoms with Crippen molar-refractivity contribution >= 4 is 5.91 Å². The van der Waals surface area contributed by atoms with Crippen molar-refractivity contribution in [2.45, 2.75) is 13.5 Å². The van der Waals surface area contributed by atoms with E-state index < -0.39 is 5.41 Å². The number of carbonyl (C=O) groups excluding carboxylic acids is 1. The molecule has 0 radical (unpaired) electrons. The van der Waals surface area contributed by atoms with E-state index in [-0.39, 0.29) is 25.7 Å². The van der Waals surface area contributed by atoms with Gasteiger partial charge in [0, 0.05) is 18.5 Å². The van der Waals surface area contributed by atoms with Crippen molar-refractivity contribution in [2.75, 3.05) is 26.3 Å². The van der Waals surface area contributed by atoms with Crippen LogP contribution in [0.2, 0.25) is 0 Å². The molecule has 0 aliphatic carbocycles. The van der Waals surface area contributed by atoms with Gasteiger partial charge in [-0.1, -0.05) is 37.3 Å². The monoisotopic (exact) mass is 266 g/mol. The van der Waals surface area contributed by atoms with Crippen molar-refractivity contribution in [2.24, 2.45) is 5.41 Å². The van der Waals surface area contributed by atoms with Crippen LogP contribution in [0.4, 0.5) is 0 Å². The molecular formula is C14H22N2O3. The highest BCUT2D eigenvalue weighted by Gasteiger charge is 2.21. The van der Waals surface area contributed by atoms with Gasteiger partial charge >= 0.3 is 0 Å². The molecule has 1 rings (SSSR count). The van der Waals surface area contributed by atoms with Crippen LogP contribution in [0.3, 0.4) is 0 Å². The molecule has 106 valence electrons. The van der Waals surface area contributed by atoms with Crippen LogP contribution in [0.25, 0.3) is 0 Å². The summed E-state index contributed by atoms with van der Waals surface area (Å²) in [4.78, 5) is 11.6. The third kappa shape index (κ3) is 5.83. The number of nitrogens with one attached hydrogen (secondary N) is 2. The van der Waals surface area contributed by atoms with Crippen LogP contribution in [0.5, 0.6) is 0 Å². The summed E-state index contributed by atoms with van der Waals surface area (Å²) in [5, 5.41) is 23.9. The molecule has 0 unspecified atom stereocenters. The molecule has 0 fully saturated rings. The third-order valence-corrected chi connectivity index (χ3v) is 2.93. The van der Waals surface area contributed by atoms with Gasteiger partial charge in [0.25, 0.3) is 0 Å². The van der Waals surface area contributed by atoms with Crippen LogP contribution in [0, 0.1) is 5.41 Å². The van der Waals surface area contributed by atoms with Crippen LogP contribution in [0.15, 0.2) is 30.3 Å². The molecular weight excluding hydrogens is 244 g/mol. The molecule has 0 saturated heterocycles. The van der Waals surface area contributed by atoms with Crippen LogP contribution in [0.1, 0.15) is 12.5 Å². The second-order valence-corrected chi connectivity index (χ2v) is 4.99. The first kappa shape index (κ1) is 15.6. The Balaban J connectivity index is 2.22. The predicted octanol–water partition coefficient (Wildman–Crippen LogP) is -0.117. The zero-order valence-electron chi connectivity index (χ0n) is 11.2. The summed E-state index contributed by atoms with van der Waals surface area (Å²) in [5.41, 5.74) is 0.450. The first-order valence-electron chi connectivity index (χ1n) is 6.33. The van der Waals surface area contributed by atoms with E-state index in [1.165, 1.54) is 0 Å². The Kier molecular flexibility index (Phi) is 6.49. The van der Waals surface area contributed by atoms with Crippen molar-refractivity contribution in [3.8, 4) is 0 Å². The van der Waals surface area contributed by atoms with Crippen molar-refractivity contribution in [3.05, 3.63) is 35.9 Å². The molecule has 1 amide bonds. The topological polar surface area (TPSA) is 81.6 Å². The highest BCUT2D eigenvalue weighted by atomic mass is 16.3.